The second kappa shape index (κ2) is 9.69. The van der Waals surface area contributed by atoms with Gasteiger partial charge in [-0.3, -0.25) is 9.10 Å². The number of anilines is 1. The number of esters is 1. The molecule has 0 saturated heterocycles. The van der Waals surface area contributed by atoms with Crippen molar-refractivity contribution in [3.05, 3.63) is 95.1 Å². The molecule has 0 spiro atoms. The van der Waals surface area contributed by atoms with E-state index in [2.05, 4.69) is 6.07 Å². The lowest BCUT2D eigenvalue weighted by Gasteiger charge is -2.28. The van der Waals surface area contributed by atoms with Crippen molar-refractivity contribution < 1.29 is 22.7 Å². The molecule has 0 unspecified atom stereocenters. The third-order valence-electron chi connectivity index (χ3n) is 5.94. The average Bonchev–Trinajstić information content (AvgIpc) is 2.86. The highest BCUT2D eigenvalue weighted by molar-refractivity contribution is 7.92. The number of sulfonamides is 1. The van der Waals surface area contributed by atoms with Crippen LogP contribution in [0.3, 0.4) is 0 Å². The number of carbonyl (C=O) groups is 2. The molecule has 176 valence electrons. The van der Waals surface area contributed by atoms with Crippen molar-refractivity contribution in [1.82, 2.24) is 4.90 Å². The molecular weight excluding hydrogens is 452 g/mol. The predicted molar refractivity (Wildman–Crippen MR) is 129 cm³/mol. The van der Waals surface area contributed by atoms with E-state index < -0.39 is 22.6 Å². The zero-order valence-corrected chi connectivity index (χ0v) is 19.9. The van der Waals surface area contributed by atoms with Gasteiger partial charge in [0.25, 0.3) is 15.9 Å². The van der Waals surface area contributed by atoms with Gasteiger partial charge in [-0.25, -0.2) is 13.2 Å². The Morgan fingerprint density at radius 1 is 0.971 bits per heavy atom. The molecule has 3 aromatic carbocycles. The number of nitrogens with zero attached hydrogens (tertiary/aromatic N) is 2. The highest BCUT2D eigenvalue weighted by atomic mass is 32.2. The number of rotatable bonds is 6. The Labute approximate surface area is 199 Å². The lowest BCUT2D eigenvalue weighted by Crippen LogP contribution is -2.38. The van der Waals surface area contributed by atoms with Gasteiger partial charge in [0, 0.05) is 20.1 Å². The number of ether oxygens (including phenoxy) is 1. The summed E-state index contributed by atoms with van der Waals surface area (Å²) >= 11 is 0. The molecule has 7 nitrogen and oxygen atoms in total. The summed E-state index contributed by atoms with van der Waals surface area (Å²) in [5, 5.41) is 0. The molecule has 4 rings (SSSR count). The normalized spacial score (nSPS) is 13.2. The number of carbonyl (C=O) groups excluding carboxylic acids is 2. The first-order chi connectivity index (χ1) is 16.3. The maximum Gasteiger partial charge on any atom is 0.338 e. The largest absolute Gasteiger partial charge is 0.452 e. The number of fused-ring (bicyclic) bond motifs is 1. The summed E-state index contributed by atoms with van der Waals surface area (Å²) in [6, 6.07) is 20.7. The number of benzene rings is 3. The van der Waals surface area contributed by atoms with E-state index in [1.54, 1.807) is 17.0 Å². The number of aryl methyl sites for hydroxylation is 1. The molecule has 0 saturated carbocycles. The topological polar surface area (TPSA) is 84.0 Å². The fourth-order valence-corrected chi connectivity index (χ4v) is 5.09. The van der Waals surface area contributed by atoms with Gasteiger partial charge in [0.1, 0.15) is 0 Å². The molecule has 0 aliphatic carbocycles. The van der Waals surface area contributed by atoms with Crippen LogP contribution in [0.1, 0.15) is 27.0 Å². The number of hydrogen-bond donors (Lipinski definition) is 0. The molecule has 0 fully saturated rings. The van der Waals surface area contributed by atoms with Gasteiger partial charge in [0.15, 0.2) is 6.61 Å². The second-order valence-corrected chi connectivity index (χ2v) is 10.2. The minimum atomic E-state index is -3.89. The van der Waals surface area contributed by atoms with E-state index in [-0.39, 0.29) is 16.4 Å². The van der Waals surface area contributed by atoms with Gasteiger partial charge in [0.05, 0.1) is 16.1 Å². The molecule has 1 aliphatic rings. The summed E-state index contributed by atoms with van der Waals surface area (Å²) in [4.78, 5) is 26.8. The third-order valence-corrected chi connectivity index (χ3v) is 7.72. The molecule has 0 bridgehead atoms. The molecule has 1 heterocycles. The van der Waals surface area contributed by atoms with Crippen LogP contribution in [0.4, 0.5) is 5.69 Å². The van der Waals surface area contributed by atoms with Crippen LogP contribution in [0.2, 0.25) is 0 Å². The summed E-state index contributed by atoms with van der Waals surface area (Å²) in [6.45, 7) is 2.56. The standard InChI is InChI=1S/C26H26N2O5S/c1-19-10-12-23(13-11-19)27(2)34(31,32)24-9-5-8-21(16-24)26(30)33-18-25(29)28-15-14-20-6-3-4-7-22(20)17-28/h3-13,16H,14-15,17-18H2,1-2H3. The van der Waals surface area contributed by atoms with E-state index >= 15 is 0 Å². The smallest absolute Gasteiger partial charge is 0.338 e. The van der Waals surface area contributed by atoms with Gasteiger partial charge >= 0.3 is 5.97 Å². The van der Waals surface area contributed by atoms with E-state index in [4.69, 9.17) is 4.74 Å². The molecule has 0 N–H and O–H groups in total. The van der Waals surface area contributed by atoms with Gasteiger partial charge in [-0.1, -0.05) is 48.0 Å². The maximum absolute atomic E-state index is 13.1. The summed E-state index contributed by atoms with van der Waals surface area (Å²) in [5.41, 5.74) is 3.89. The van der Waals surface area contributed by atoms with E-state index in [1.165, 1.54) is 36.9 Å². The molecular formula is C26H26N2O5S. The van der Waals surface area contributed by atoms with Gasteiger partial charge in [-0.2, -0.15) is 0 Å². The molecule has 34 heavy (non-hydrogen) atoms. The van der Waals surface area contributed by atoms with Gasteiger partial charge in [-0.15, -0.1) is 0 Å². The molecule has 1 amide bonds. The Morgan fingerprint density at radius 3 is 2.41 bits per heavy atom. The van der Waals surface area contributed by atoms with Gasteiger partial charge < -0.3 is 9.64 Å². The van der Waals surface area contributed by atoms with Crippen molar-refractivity contribution in [3.8, 4) is 0 Å². The Morgan fingerprint density at radius 2 is 1.68 bits per heavy atom. The van der Waals surface area contributed by atoms with Crippen molar-refractivity contribution in [2.45, 2.75) is 24.8 Å². The van der Waals surface area contributed by atoms with Gasteiger partial charge in [-0.05, 0) is 54.8 Å². The quantitative estimate of drug-likeness (QED) is 0.506. The zero-order chi connectivity index (χ0) is 24.3. The number of hydrogen-bond acceptors (Lipinski definition) is 5. The monoisotopic (exact) mass is 478 g/mol. The molecule has 0 atom stereocenters. The highest BCUT2D eigenvalue weighted by Gasteiger charge is 2.24. The summed E-state index contributed by atoms with van der Waals surface area (Å²) in [7, 11) is -2.43. The van der Waals surface area contributed by atoms with Crippen molar-refractivity contribution in [2.24, 2.45) is 0 Å². The van der Waals surface area contributed by atoms with Crippen molar-refractivity contribution in [2.75, 3.05) is 24.5 Å². The van der Waals surface area contributed by atoms with Crippen LogP contribution in [0, 0.1) is 6.92 Å². The summed E-state index contributed by atoms with van der Waals surface area (Å²) in [6.07, 6.45) is 0.754. The molecule has 8 heteroatoms. The first-order valence-electron chi connectivity index (χ1n) is 10.9. The van der Waals surface area contributed by atoms with E-state index in [0.29, 0.717) is 18.8 Å². The SMILES string of the molecule is Cc1ccc(N(C)S(=O)(=O)c2cccc(C(=O)OCC(=O)N3CCc4ccccc4C3)c2)cc1. The van der Waals surface area contributed by atoms with E-state index in [9.17, 15) is 18.0 Å². The van der Waals surface area contributed by atoms with Crippen LogP contribution in [-0.4, -0.2) is 45.4 Å². The molecule has 1 aliphatic heterocycles. The van der Waals surface area contributed by atoms with E-state index in [0.717, 1.165) is 21.9 Å². The summed E-state index contributed by atoms with van der Waals surface area (Å²) in [5.74, 6) is -1.04. The van der Waals surface area contributed by atoms with E-state index in [1.807, 2.05) is 37.3 Å². The van der Waals surface area contributed by atoms with Crippen LogP contribution < -0.4 is 4.31 Å². The van der Waals surface area contributed by atoms with Crippen molar-refractivity contribution in [3.63, 3.8) is 0 Å². The van der Waals surface area contributed by atoms with Crippen LogP contribution in [0.15, 0.2) is 77.7 Å². The number of amides is 1. The minimum absolute atomic E-state index is 0.0380. The predicted octanol–water partition coefficient (Wildman–Crippen LogP) is 3.56. The Hall–Kier alpha value is -3.65. The maximum atomic E-state index is 13.1. The van der Waals surface area contributed by atoms with Crippen LogP contribution in [0.5, 0.6) is 0 Å². The van der Waals surface area contributed by atoms with Crippen LogP contribution in [-0.2, 0) is 32.5 Å². The average molecular weight is 479 g/mol. The van der Waals surface area contributed by atoms with Crippen molar-refractivity contribution >= 4 is 27.6 Å². The zero-order valence-electron chi connectivity index (χ0n) is 19.1. The minimum Gasteiger partial charge on any atom is -0.452 e. The first-order valence-corrected chi connectivity index (χ1v) is 12.4. The summed E-state index contributed by atoms with van der Waals surface area (Å²) < 4.78 is 32.5. The molecule has 3 aromatic rings. The second-order valence-electron chi connectivity index (χ2n) is 8.25. The lowest BCUT2D eigenvalue weighted by atomic mass is 10.00. The molecule has 0 radical (unpaired) electrons. The third kappa shape index (κ3) is 4.97. The Balaban J connectivity index is 1.42. The van der Waals surface area contributed by atoms with Crippen molar-refractivity contribution in [1.29, 1.82) is 0 Å². The first kappa shape index (κ1) is 23.5. The lowest BCUT2D eigenvalue weighted by molar-refractivity contribution is -0.135. The Bertz CT molecular complexity index is 1320. The van der Waals surface area contributed by atoms with Gasteiger partial charge in [0.2, 0.25) is 0 Å². The van der Waals surface area contributed by atoms with Crippen LogP contribution >= 0.6 is 0 Å². The fraction of sp³-hybridized carbons (Fsp3) is 0.231. The highest BCUT2D eigenvalue weighted by Crippen LogP contribution is 2.23. The fourth-order valence-electron chi connectivity index (χ4n) is 3.85. The molecule has 0 aromatic heterocycles. The van der Waals surface area contributed by atoms with Crippen LogP contribution in [0.25, 0.3) is 0 Å². The Kier molecular flexibility index (Phi) is 6.70.